The standard InChI is InChI=1S/C20H18ClN3O/c1-14-4-3-5-16(8-14)20(25)10-15-6-7-18(21)19(9-15)24(2)17-11-22-13-23-12-17/h3-9,11-13H,10H2,1-2H3/i2D3. The summed E-state index contributed by atoms with van der Waals surface area (Å²) in [5.74, 6) is -0.0551. The Morgan fingerprint density at radius 2 is 2.00 bits per heavy atom. The molecule has 0 radical (unpaired) electrons. The minimum absolute atomic E-state index is 0.0551. The first kappa shape index (κ1) is 13.6. The lowest BCUT2D eigenvalue weighted by molar-refractivity contribution is 0.0993. The molecular weight excluding hydrogens is 334 g/mol. The summed E-state index contributed by atoms with van der Waals surface area (Å²) in [5.41, 5.74) is 2.83. The predicted molar refractivity (Wildman–Crippen MR) is 101 cm³/mol. The van der Waals surface area contributed by atoms with Gasteiger partial charge in [0.15, 0.2) is 5.78 Å². The smallest absolute Gasteiger partial charge is 0.167 e. The zero-order valence-corrected chi connectivity index (χ0v) is 14.4. The highest BCUT2D eigenvalue weighted by molar-refractivity contribution is 6.33. The summed E-state index contributed by atoms with van der Waals surface area (Å²) >= 11 is 6.30. The van der Waals surface area contributed by atoms with Crippen LogP contribution in [0.2, 0.25) is 5.02 Å². The van der Waals surface area contributed by atoms with Gasteiger partial charge in [0.05, 0.1) is 28.8 Å². The van der Waals surface area contributed by atoms with E-state index in [2.05, 4.69) is 9.97 Å². The number of hydrogen-bond acceptors (Lipinski definition) is 4. The molecule has 0 aliphatic heterocycles. The number of aromatic nitrogens is 2. The monoisotopic (exact) mass is 354 g/mol. The van der Waals surface area contributed by atoms with Crippen molar-refractivity contribution < 1.29 is 8.91 Å². The molecule has 1 aromatic heterocycles. The van der Waals surface area contributed by atoms with Crippen LogP contribution in [0.5, 0.6) is 0 Å². The van der Waals surface area contributed by atoms with Crippen LogP contribution in [0.1, 0.15) is 25.6 Å². The Kier molecular flexibility index (Phi) is 4.04. The lowest BCUT2D eigenvalue weighted by Gasteiger charge is -2.20. The number of aryl methyl sites for hydroxylation is 1. The maximum Gasteiger partial charge on any atom is 0.167 e. The van der Waals surface area contributed by atoms with Gasteiger partial charge < -0.3 is 4.90 Å². The summed E-state index contributed by atoms with van der Waals surface area (Å²) < 4.78 is 23.7. The van der Waals surface area contributed by atoms with Crippen LogP contribution in [0, 0.1) is 6.92 Å². The summed E-state index contributed by atoms with van der Waals surface area (Å²) in [5, 5.41) is 0.256. The molecule has 0 atom stereocenters. The number of carbonyl (C=O) groups is 1. The molecule has 0 saturated carbocycles. The van der Waals surface area contributed by atoms with Crippen LogP contribution in [-0.2, 0) is 6.42 Å². The molecule has 25 heavy (non-hydrogen) atoms. The molecule has 3 rings (SSSR count). The van der Waals surface area contributed by atoms with Gasteiger partial charge in [0.1, 0.15) is 6.33 Å². The first-order valence-corrected chi connectivity index (χ1v) is 8.07. The molecule has 1 heterocycles. The molecule has 0 bridgehead atoms. The average Bonchev–Trinajstić information content (AvgIpc) is 2.64. The van der Waals surface area contributed by atoms with Gasteiger partial charge >= 0.3 is 0 Å². The van der Waals surface area contributed by atoms with Crippen molar-refractivity contribution in [3.8, 4) is 0 Å². The predicted octanol–water partition coefficient (Wildman–Crippen LogP) is 4.63. The second-order valence-corrected chi connectivity index (χ2v) is 6.09. The zero-order valence-electron chi connectivity index (χ0n) is 16.6. The van der Waals surface area contributed by atoms with Crippen molar-refractivity contribution in [2.24, 2.45) is 0 Å². The third kappa shape index (κ3) is 4.03. The Morgan fingerprint density at radius 3 is 2.72 bits per heavy atom. The Hall–Kier alpha value is -2.72. The number of hydrogen-bond donors (Lipinski definition) is 0. The van der Waals surface area contributed by atoms with E-state index in [1.54, 1.807) is 24.3 Å². The number of nitrogens with zero attached hydrogens (tertiary/aromatic N) is 3. The van der Waals surface area contributed by atoms with E-state index in [1.807, 2.05) is 25.1 Å². The topological polar surface area (TPSA) is 46.1 Å². The number of carbonyl (C=O) groups excluding carboxylic acids is 1. The third-order valence-electron chi connectivity index (χ3n) is 3.76. The molecule has 0 spiro atoms. The van der Waals surface area contributed by atoms with E-state index < -0.39 is 6.98 Å². The molecule has 4 nitrogen and oxygen atoms in total. The van der Waals surface area contributed by atoms with Gasteiger partial charge in [0.2, 0.25) is 0 Å². The number of anilines is 2. The summed E-state index contributed by atoms with van der Waals surface area (Å²) in [6.45, 7) is -0.582. The largest absolute Gasteiger partial charge is 0.341 e. The molecule has 0 N–H and O–H groups in total. The molecule has 0 fully saturated rings. The van der Waals surface area contributed by atoms with E-state index in [9.17, 15) is 4.79 Å². The fourth-order valence-corrected chi connectivity index (χ4v) is 2.69. The van der Waals surface area contributed by atoms with Crippen molar-refractivity contribution in [2.75, 3.05) is 11.9 Å². The highest BCUT2D eigenvalue weighted by atomic mass is 35.5. The Balaban J connectivity index is 1.97. The first-order chi connectivity index (χ1) is 13.3. The number of Topliss-reactive ketones (excluding diaryl/α,β-unsaturated/α-hetero) is 1. The SMILES string of the molecule is [2H]C([2H])([2H])N(c1cncnc1)c1cc(CC(=O)c2cccc(C)c2)ccc1Cl. The lowest BCUT2D eigenvalue weighted by atomic mass is 10.0. The Labute approximate surface area is 156 Å². The summed E-state index contributed by atoms with van der Waals surface area (Å²) in [6, 6.07) is 12.3. The van der Waals surface area contributed by atoms with Crippen LogP contribution in [0.15, 0.2) is 61.2 Å². The van der Waals surface area contributed by atoms with Gasteiger partial charge in [0.25, 0.3) is 0 Å². The van der Waals surface area contributed by atoms with Crippen molar-refractivity contribution in [1.82, 2.24) is 9.97 Å². The van der Waals surface area contributed by atoms with Crippen LogP contribution in [0.25, 0.3) is 0 Å². The molecule has 0 unspecified atom stereocenters. The number of rotatable bonds is 5. The van der Waals surface area contributed by atoms with Gasteiger partial charge in [-0.1, -0.05) is 41.4 Å². The highest BCUT2D eigenvalue weighted by Gasteiger charge is 2.13. The van der Waals surface area contributed by atoms with Gasteiger partial charge in [0, 0.05) is 23.1 Å². The fraction of sp³-hybridized carbons (Fsp3) is 0.150. The maximum absolute atomic E-state index is 12.6. The van der Waals surface area contributed by atoms with Crippen molar-refractivity contribution in [2.45, 2.75) is 13.3 Å². The van der Waals surface area contributed by atoms with E-state index in [1.165, 1.54) is 18.7 Å². The van der Waals surface area contributed by atoms with Gasteiger partial charge in [-0.3, -0.25) is 4.79 Å². The molecule has 0 aliphatic carbocycles. The Morgan fingerprint density at radius 1 is 1.20 bits per heavy atom. The summed E-state index contributed by atoms with van der Waals surface area (Å²) in [4.78, 5) is 21.5. The molecule has 0 saturated heterocycles. The number of halogens is 1. The molecule has 5 heteroatoms. The number of ketones is 1. The van der Waals surface area contributed by atoms with E-state index in [4.69, 9.17) is 15.7 Å². The van der Waals surface area contributed by atoms with Crippen molar-refractivity contribution in [3.63, 3.8) is 0 Å². The quantitative estimate of drug-likeness (QED) is 0.626. The van der Waals surface area contributed by atoms with Gasteiger partial charge in [-0.25, -0.2) is 9.97 Å². The second kappa shape index (κ2) is 7.45. The fourth-order valence-electron chi connectivity index (χ4n) is 2.49. The number of benzene rings is 2. The van der Waals surface area contributed by atoms with Crippen LogP contribution in [-0.4, -0.2) is 22.7 Å². The van der Waals surface area contributed by atoms with Crippen LogP contribution in [0.4, 0.5) is 11.4 Å². The summed E-state index contributed by atoms with van der Waals surface area (Å²) in [7, 11) is 0. The first-order valence-electron chi connectivity index (χ1n) is 9.19. The van der Waals surface area contributed by atoms with E-state index in [0.29, 0.717) is 11.1 Å². The third-order valence-corrected chi connectivity index (χ3v) is 4.08. The summed E-state index contributed by atoms with van der Waals surface area (Å²) in [6.07, 6.45) is 4.26. The van der Waals surface area contributed by atoms with E-state index >= 15 is 0 Å². The minimum Gasteiger partial charge on any atom is -0.341 e. The molecular formula is C20H18ClN3O. The molecule has 126 valence electrons. The average molecular weight is 355 g/mol. The molecule has 0 aliphatic rings. The van der Waals surface area contributed by atoms with E-state index in [-0.39, 0.29) is 28.6 Å². The maximum atomic E-state index is 12.6. The van der Waals surface area contributed by atoms with Gasteiger partial charge in [-0.15, -0.1) is 0 Å². The molecule has 2 aromatic carbocycles. The minimum atomic E-state index is -2.51. The second-order valence-electron chi connectivity index (χ2n) is 5.69. The molecule has 0 amide bonds. The normalized spacial score (nSPS) is 12.8. The van der Waals surface area contributed by atoms with Crippen LogP contribution in [0.3, 0.4) is 0 Å². The van der Waals surface area contributed by atoms with Crippen molar-refractivity contribution in [1.29, 1.82) is 0 Å². The zero-order chi connectivity index (χ0) is 20.3. The lowest BCUT2D eigenvalue weighted by Crippen LogP contribution is -2.11. The van der Waals surface area contributed by atoms with Crippen LogP contribution >= 0.6 is 11.6 Å². The van der Waals surface area contributed by atoms with Crippen LogP contribution < -0.4 is 4.90 Å². The van der Waals surface area contributed by atoms with Gasteiger partial charge in [-0.05, 0) is 30.7 Å². The van der Waals surface area contributed by atoms with E-state index in [0.717, 1.165) is 10.5 Å². The highest BCUT2D eigenvalue weighted by Crippen LogP contribution is 2.31. The Bertz CT molecular complexity index is 993. The van der Waals surface area contributed by atoms with Gasteiger partial charge in [-0.2, -0.15) is 0 Å². The van der Waals surface area contributed by atoms with Crippen molar-refractivity contribution in [3.05, 3.63) is 82.9 Å². The van der Waals surface area contributed by atoms with Crippen molar-refractivity contribution >= 4 is 28.8 Å². The molecule has 3 aromatic rings.